The summed E-state index contributed by atoms with van der Waals surface area (Å²) in [5, 5.41) is 3.04. The van der Waals surface area contributed by atoms with E-state index in [1.54, 1.807) is 12.1 Å². The van der Waals surface area contributed by atoms with E-state index in [1.807, 2.05) is 22.6 Å². The predicted octanol–water partition coefficient (Wildman–Crippen LogP) is 2.66. The number of likely N-dealkylation sites (tertiary alicyclic amines) is 1. The highest BCUT2D eigenvalue weighted by Crippen LogP contribution is 2.18. The van der Waals surface area contributed by atoms with Gasteiger partial charge in [-0.1, -0.05) is 0 Å². The zero-order valence-electron chi connectivity index (χ0n) is 13.1. The maximum atomic E-state index is 13.6. The summed E-state index contributed by atoms with van der Waals surface area (Å²) >= 11 is 1.92. The Balaban J connectivity index is 1.46. The number of nitrogens with zero attached hydrogens (tertiary/aromatic N) is 1. The number of benzene rings is 1. The Labute approximate surface area is 149 Å². The van der Waals surface area contributed by atoms with Crippen LogP contribution in [0.5, 0.6) is 0 Å². The third-order valence-electron chi connectivity index (χ3n) is 4.64. The average molecular weight is 432 g/mol. The number of hydrogen-bond donors (Lipinski definition) is 1. The SMILES string of the molecule is O=C(NC1CCN(CC2CCOC2)CC1)c1ccc(I)c(F)c1. The van der Waals surface area contributed by atoms with Gasteiger partial charge < -0.3 is 15.0 Å². The topological polar surface area (TPSA) is 41.6 Å². The number of hydrogen-bond acceptors (Lipinski definition) is 3. The second-order valence-electron chi connectivity index (χ2n) is 6.41. The molecule has 0 aliphatic carbocycles. The highest BCUT2D eigenvalue weighted by Gasteiger charge is 2.24. The van der Waals surface area contributed by atoms with Crippen molar-refractivity contribution < 1.29 is 13.9 Å². The number of halogens is 2. The van der Waals surface area contributed by atoms with Gasteiger partial charge in [0, 0.05) is 41.4 Å². The van der Waals surface area contributed by atoms with Crippen LogP contribution in [0.4, 0.5) is 4.39 Å². The molecule has 4 nitrogen and oxygen atoms in total. The first-order valence-electron chi connectivity index (χ1n) is 8.18. The van der Waals surface area contributed by atoms with Crippen molar-refractivity contribution in [3.8, 4) is 0 Å². The largest absolute Gasteiger partial charge is 0.381 e. The fraction of sp³-hybridized carbons (Fsp3) is 0.588. The van der Waals surface area contributed by atoms with E-state index in [2.05, 4.69) is 10.2 Å². The van der Waals surface area contributed by atoms with Crippen LogP contribution in [-0.4, -0.2) is 49.7 Å². The average Bonchev–Trinajstić information content (AvgIpc) is 3.05. The maximum Gasteiger partial charge on any atom is 0.251 e. The van der Waals surface area contributed by atoms with E-state index in [-0.39, 0.29) is 17.8 Å². The summed E-state index contributed by atoms with van der Waals surface area (Å²) in [7, 11) is 0. The van der Waals surface area contributed by atoms with E-state index < -0.39 is 0 Å². The number of ether oxygens (including phenoxy) is 1. The quantitative estimate of drug-likeness (QED) is 0.745. The minimum absolute atomic E-state index is 0.178. The van der Waals surface area contributed by atoms with E-state index in [0.717, 1.165) is 52.1 Å². The summed E-state index contributed by atoms with van der Waals surface area (Å²) in [5.41, 5.74) is 0.397. The zero-order valence-corrected chi connectivity index (χ0v) is 15.2. The molecule has 6 heteroatoms. The number of carbonyl (C=O) groups excluding carboxylic acids is 1. The molecule has 2 fully saturated rings. The minimum atomic E-state index is -0.341. The van der Waals surface area contributed by atoms with Crippen LogP contribution in [0.1, 0.15) is 29.6 Å². The summed E-state index contributed by atoms with van der Waals surface area (Å²) < 4.78 is 19.5. The summed E-state index contributed by atoms with van der Waals surface area (Å²) in [4.78, 5) is 14.7. The first-order chi connectivity index (χ1) is 11.1. The Morgan fingerprint density at radius 1 is 1.35 bits per heavy atom. The first kappa shape index (κ1) is 17.1. The van der Waals surface area contributed by atoms with Crippen LogP contribution in [0.25, 0.3) is 0 Å². The summed E-state index contributed by atoms with van der Waals surface area (Å²) in [6, 6.07) is 4.81. The van der Waals surface area contributed by atoms with Crippen molar-refractivity contribution in [2.45, 2.75) is 25.3 Å². The lowest BCUT2D eigenvalue weighted by Crippen LogP contribution is -2.45. The number of piperidine rings is 1. The van der Waals surface area contributed by atoms with Crippen LogP contribution < -0.4 is 5.32 Å². The molecule has 0 spiro atoms. The Bertz CT molecular complexity index is 556. The van der Waals surface area contributed by atoms with E-state index in [4.69, 9.17) is 4.74 Å². The van der Waals surface area contributed by atoms with Crippen molar-refractivity contribution in [1.29, 1.82) is 0 Å². The van der Waals surface area contributed by atoms with Crippen molar-refractivity contribution in [3.05, 3.63) is 33.1 Å². The van der Waals surface area contributed by atoms with Gasteiger partial charge in [-0.25, -0.2) is 4.39 Å². The fourth-order valence-electron chi connectivity index (χ4n) is 3.26. The normalized spacial score (nSPS) is 23.1. The summed E-state index contributed by atoms with van der Waals surface area (Å²) in [5.74, 6) is 0.144. The molecule has 2 aliphatic heterocycles. The second-order valence-corrected chi connectivity index (χ2v) is 7.57. The maximum absolute atomic E-state index is 13.6. The molecule has 0 aromatic heterocycles. The van der Waals surface area contributed by atoms with Crippen molar-refractivity contribution in [2.24, 2.45) is 5.92 Å². The third-order valence-corrected chi connectivity index (χ3v) is 5.52. The molecular formula is C17H22FIN2O2. The molecule has 1 unspecified atom stereocenters. The van der Waals surface area contributed by atoms with Gasteiger partial charge in [0.1, 0.15) is 5.82 Å². The lowest BCUT2D eigenvalue weighted by molar-refractivity contribution is 0.0903. The van der Waals surface area contributed by atoms with Gasteiger partial charge in [-0.2, -0.15) is 0 Å². The Hall–Kier alpha value is -0.730. The molecule has 1 aromatic carbocycles. The molecule has 2 aliphatic rings. The lowest BCUT2D eigenvalue weighted by atomic mass is 10.0. The Kier molecular flexibility index (Phi) is 5.87. The predicted molar refractivity (Wildman–Crippen MR) is 95.0 cm³/mol. The molecule has 2 heterocycles. The monoisotopic (exact) mass is 432 g/mol. The van der Waals surface area contributed by atoms with Gasteiger partial charge in [0.25, 0.3) is 5.91 Å². The summed E-state index contributed by atoms with van der Waals surface area (Å²) in [6.07, 6.45) is 3.06. The second kappa shape index (κ2) is 7.90. The molecule has 0 saturated carbocycles. The van der Waals surface area contributed by atoms with Crippen LogP contribution in [0.2, 0.25) is 0 Å². The highest BCUT2D eigenvalue weighted by atomic mass is 127. The molecule has 1 amide bonds. The van der Waals surface area contributed by atoms with E-state index >= 15 is 0 Å². The number of amides is 1. The molecule has 1 atom stereocenters. The standard InChI is InChI=1S/C17H22FIN2O2/c18-15-9-13(1-2-16(15)19)17(22)20-14-3-6-21(7-4-14)10-12-5-8-23-11-12/h1-2,9,12,14H,3-8,10-11H2,(H,20,22). The van der Waals surface area contributed by atoms with Gasteiger partial charge in [0.15, 0.2) is 0 Å². The fourth-order valence-corrected chi connectivity index (χ4v) is 3.59. The van der Waals surface area contributed by atoms with Gasteiger partial charge in [-0.15, -0.1) is 0 Å². The molecule has 1 aromatic rings. The van der Waals surface area contributed by atoms with Crippen LogP contribution >= 0.6 is 22.6 Å². The highest BCUT2D eigenvalue weighted by molar-refractivity contribution is 14.1. The molecule has 0 bridgehead atoms. The van der Waals surface area contributed by atoms with E-state index in [0.29, 0.717) is 15.1 Å². The molecule has 1 N–H and O–H groups in total. The van der Waals surface area contributed by atoms with Gasteiger partial charge in [0.2, 0.25) is 0 Å². The van der Waals surface area contributed by atoms with Gasteiger partial charge in [0.05, 0.1) is 6.61 Å². The van der Waals surface area contributed by atoms with Crippen molar-refractivity contribution in [2.75, 3.05) is 32.8 Å². The zero-order chi connectivity index (χ0) is 16.2. The van der Waals surface area contributed by atoms with Gasteiger partial charge in [-0.05, 0) is 66.0 Å². The molecular weight excluding hydrogens is 410 g/mol. The lowest BCUT2D eigenvalue weighted by Gasteiger charge is -2.33. The van der Waals surface area contributed by atoms with Crippen LogP contribution in [0.15, 0.2) is 18.2 Å². The van der Waals surface area contributed by atoms with Crippen LogP contribution in [-0.2, 0) is 4.74 Å². The first-order valence-corrected chi connectivity index (χ1v) is 9.25. The van der Waals surface area contributed by atoms with E-state index in [1.165, 1.54) is 6.07 Å². The van der Waals surface area contributed by atoms with Crippen molar-refractivity contribution >= 4 is 28.5 Å². The van der Waals surface area contributed by atoms with Crippen molar-refractivity contribution in [3.63, 3.8) is 0 Å². The number of nitrogens with one attached hydrogen (secondary N) is 1. The number of rotatable bonds is 4. The molecule has 126 valence electrons. The number of carbonyl (C=O) groups is 1. The minimum Gasteiger partial charge on any atom is -0.381 e. The third kappa shape index (κ3) is 4.64. The van der Waals surface area contributed by atoms with Crippen LogP contribution in [0, 0.1) is 15.3 Å². The van der Waals surface area contributed by atoms with Gasteiger partial charge >= 0.3 is 0 Å². The van der Waals surface area contributed by atoms with Gasteiger partial charge in [-0.3, -0.25) is 4.79 Å². The molecule has 2 saturated heterocycles. The molecule has 23 heavy (non-hydrogen) atoms. The smallest absolute Gasteiger partial charge is 0.251 e. The molecule has 0 radical (unpaired) electrons. The Morgan fingerprint density at radius 3 is 2.78 bits per heavy atom. The van der Waals surface area contributed by atoms with Crippen LogP contribution in [0.3, 0.4) is 0 Å². The molecule has 3 rings (SSSR count). The van der Waals surface area contributed by atoms with Crippen molar-refractivity contribution in [1.82, 2.24) is 10.2 Å². The van der Waals surface area contributed by atoms with E-state index in [9.17, 15) is 9.18 Å². The Morgan fingerprint density at radius 2 is 2.13 bits per heavy atom. The summed E-state index contributed by atoms with van der Waals surface area (Å²) in [6.45, 7) is 4.88.